The molecule has 0 saturated carbocycles. The van der Waals surface area contributed by atoms with Gasteiger partial charge in [0.15, 0.2) is 5.75 Å². The molecule has 132 heavy (non-hydrogen) atoms. The standard InChI is InChI=1S/C25H24N6O3S.C25H25N5O2S.C23H22N6O4S2.C18H17N5O4S2/c1-15(32)27-18-4-3-5-19(12-18)28-25-26-14-17-6-7-21-20(23(17)29-25)13-22(35-21)24(34)31-10-8-30(9-11-31)16(2)33;1-15-10-16(2)12-19(11-15)27-25-26-14-18-4-5-21-20(23(18)28-25)13-22(33-21)24(32)30-8-6-29(7-9-30)17(3)31;1-14(30)28-7-9-29(10-8-28)22(31)20-12-18-19(34-20)6-5-15-13-25-23(27-21(15)18)26-16-3-2-4-17(11-16)35(24,32)33;1-23(2)17(24)14-7-12-15(28-14)9-27-13-8-20-18(22-16(12)13)21-10-4-3-5-11(6-10)29(19,25)26/h3-7,12-14H,8-11H2,1-2H3,(H,27,32)(H,26,28,29);4-5,10-14H,6-9H2,1-3H3,(H,26,27,28);2-6,11-13H,7-10H2,1H3,(H2,24,32,33)(H,25,26,27);3-8H,9H2,1-2H3,(H2,19,25,26)(H,20,21,22). The number of nitrogens with one attached hydrogen (secondary N) is 5. The molecule has 8 amide bonds. The molecule has 0 aliphatic carbocycles. The fourth-order valence-corrected chi connectivity index (χ4v) is 20.7. The van der Waals surface area contributed by atoms with Crippen molar-refractivity contribution < 1.29 is 59.9 Å². The second-order valence-corrected chi connectivity index (χ2v) is 39.2. The van der Waals surface area contributed by atoms with Crippen LogP contribution in [0.15, 0.2) is 186 Å². The molecule has 19 rings (SSSR count). The van der Waals surface area contributed by atoms with Crippen LogP contribution < -0.4 is 41.6 Å². The Hall–Kier alpha value is -14.2. The Bertz CT molecular complexity index is 7350. The second-order valence-electron chi connectivity index (χ2n) is 31.7. The van der Waals surface area contributed by atoms with Crippen LogP contribution in [0.1, 0.15) is 82.4 Å². The number of aromatic nitrogens is 8. The second kappa shape index (κ2) is 38.5. The molecule has 4 aliphatic rings. The van der Waals surface area contributed by atoms with Gasteiger partial charge in [-0.25, -0.2) is 67.0 Å². The highest BCUT2D eigenvalue weighted by Crippen LogP contribution is 2.43. The molecule has 35 nitrogen and oxygen atoms in total. The summed E-state index contributed by atoms with van der Waals surface area (Å²) < 4.78 is 55.0. The lowest BCUT2D eigenvalue weighted by Gasteiger charge is -2.33. The zero-order valence-electron chi connectivity index (χ0n) is 72.6. The molecule has 0 unspecified atom stereocenters. The number of anilines is 9. The number of ether oxygens (including phenoxy) is 1. The predicted octanol–water partition coefficient (Wildman–Crippen LogP) is 13.1. The Morgan fingerprint density at radius 2 is 0.750 bits per heavy atom. The van der Waals surface area contributed by atoms with Gasteiger partial charge in [0.1, 0.15) is 12.3 Å². The van der Waals surface area contributed by atoms with E-state index < -0.39 is 20.0 Å². The van der Waals surface area contributed by atoms with E-state index in [1.807, 2.05) is 90.0 Å². The van der Waals surface area contributed by atoms with Crippen LogP contribution in [0.4, 0.5) is 52.2 Å². The van der Waals surface area contributed by atoms with Gasteiger partial charge in [-0.2, -0.15) is 0 Å². The Morgan fingerprint density at radius 1 is 0.394 bits per heavy atom. The topological polar surface area (TPSA) is 452 Å². The van der Waals surface area contributed by atoms with Crippen LogP contribution in [0.25, 0.3) is 74.2 Å². The SMILES string of the molecule is CC(=O)N1CCN(C(=O)c2cc3c(ccc4cnc(Nc5cc(C)cc(C)c5)nc43)s2)CC1.CC(=O)N1CCN(C(=O)c2cc3c(ccc4cnc(Nc5cccc(S(N)(=O)=O)c5)nc43)s2)CC1.CC(=O)Nc1cccc(Nc2ncc3ccc4sc(C(=O)N5CCN(C(C)=O)CC5)cc4c3n2)c1.CN(C)C(=O)c1cc2c(s1)COc1cnc(Nc3cccc(S(N)(=O)=O)c3)nc1-2. The third-order valence-corrected chi connectivity index (χ3v) is 28.1. The summed E-state index contributed by atoms with van der Waals surface area (Å²) in [4.78, 5) is 150. The fraction of sp³-hybridized carbons (Fsp3) is 0.231. The molecule has 12 heterocycles. The zero-order valence-corrected chi connectivity index (χ0v) is 77.5. The van der Waals surface area contributed by atoms with E-state index in [-0.39, 0.29) is 68.9 Å². The van der Waals surface area contributed by atoms with E-state index in [4.69, 9.17) is 25.0 Å². The molecule has 0 atom stereocenters. The van der Waals surface area contributed by atoms with Crippen LogP contribution in [-0.4, -0.2) is 231 Å². The van der Waals surface area contributed by atoms with E-state index in [1.54, 1.807) is 101 Å². The number of thiophene rings is 4. The van der Waals surface area contributed by atoms with Crippen molar-refractivity contribution in [2.75, 3.05) is 119 Å². The number of benzene rings is 7. The van der Waals surface area contributed by atoms with Crippen LogP contribution in [0, 0.1) is 13.8 Å². The van der Waals surface area contributed by atoms with Crippen molar-refractivity contribution in [1.82, 2.24) is 74.2 Å². The number of fused-ring (bicyclic) bond motifs is 12. The molecular weight excluding hydrogens is 1800 g/mol. The van der Waals surface area contributed by atoms with E-state index in [1.165, 1.54) is 99.5 Å². The van der Waals surface area contributed by atoms with E-state index in [0.29, 0.717) is 151 Å². The van der Waals surface area contributed by atoms with Crippen molar-refractivity contribution in [2.45, 2.75) is 57.9 Å². The van der Waals surface area contributed by atoms with Gasteiger partial charge in [0.05, 0.1) is 56.9 Å². The molecule has 3 fully saturated rings. The Morgan fingerprint density at radius 3 is 1.13 bits per heavy atom. The van der Waals surface area contributed by atoms with E-state index in [2.05, 4.69) is 88.5 Å². The first-order valence-electron chi connectivity index (χ1n) is 41.5. The molecule has 3 saturated heterocycles. The van der Waals surface area contributed by atoms with Gasteiger partial charge in [0.2, 0.25) is 67.5 Å². The van der Waals surface area contributed by atoms with Crippen molar-refractivity contribution >= 4 is 228 Å². The maximum absolute atomic E-state index is 13.2. The number of aryl methyl sites for hydroxylation is 2. The summed E-state index contributed by atoms with van der Waals surface area (Å²) in [5, 5.41) is 31.0. The van der Waals surface area contributed by atoms with Gasteiger partial charge in [-0.05, 0) is 152 Å². The monoisotopic (exact) mass is 1890 g/mol. The highest BCUT2D eigenvalue weighted by atomic mass is 32.2. The number of piperazine rings is 3. The summed E-state index contributed by atoms with van der Waals surface area (Å²) in [6, 6.07) is 45.0. The number of sulfonamides is 2. The molecule has 9 N–H and O–H groups in total. The van der Waals surface area contributed by atoms with Gasteiger partial charge in [0.25, 0.3) is 23.6 Å². The molecule has 15 aromatic rings. The quantitative estimate of drug-likeness (QED) is 0.0501. The maximum Gasteiger partial charge on any atom is 0.264 e. The molecule has 0 bridgehead atoms. The minimum Gasteiger partial charge on any atom is -0.484 e. The van der Waals surface area contributed by atoms with E-state index in [9.17, 15) is 55.2 Å². The predicted molar refractivity (Wildman–Crippen MR) is 512 cm³/mol. The van der Waals surface area contributed by atoms with Gasteiger partial charge >= 0.3 is 0 Å². The Balaban J connectivity index is 0.000000129. The summed E-state index contributed by atoms with van der Waals surface area (Å²) in [6.45, 7) is 17.1. The number of rotatable bonds is 15. The maximum atomic E-state index is 13.2. The molecular formula is C91H88N22O13S6. The first-order chi connectivity index (χ1) is 63.1. The lowest BCUT2D eigenvalue weighted by molar-refractivity contribution is -0.131. The van der Waals surface area contributed by atoms with Crippen molar-refractivity contribution in [3.05, 3.63) is 212 Å². The van der Waals surface area contributed by atoms with Gasteiger partial charge in [-0.15, -0.1) is 45.3 Å². The fourth-order valence-electron chi connectivity index (χ4n) is 15.3. The first-order valence-corrected chi connectivity index (χ1v) is 47.9. The van der Waals surface area contributed by atoms with Crippen LogP contribution >= 0.6 is 45.3 Å². The summed E-state index contributed by atoms with van der Waals surface area (Å²) in [7, 11) is -4.26. The molecule has 0 spiro atoms. The summed E-state index contributed by atoms with van der Waals surface area (Å²) in [5.74, 6) is 1.83. The van der Waals surface area contributed by atoms with Gasteiger partial charge in [0, 0.05) is 219 Å². The summed E-state index contributed by atoms with van der Waals surface area (Å²) in [5.41, 5.74) is 9.33. The largest absolute Gasteiger partial charge is 0.484 e. The highest BCUT2D eigenvalue weighted by molar-refractivity contribution is 7.89. The van der Waals surface area contributed by atoms with Crippen LogP contribution in [0.3, 0.4) is 0 Å². The summed E-state index contributed by atoms with van der Waals surface area (Å²) in [6.07, 6.45) is 6.78. The first kappa shape index (κ1) is 91.1. The minimum atomic E-state index is -3.84. The van der Waals surface area contributed by atoms with Crippen LogP contribution in [0.5, 0.6) is 5.75 Å². The third-order valence-electron chi connectivity index (χ3n) is 22.0. The lowest BCUT2D eigenvalue weighted by Crippen LogP contribution is -2.49. The van der Waals surface area contributed by atoms with Gasteiger partial charge < -0.3 is 65.6 Å². The van der Waals surface area contributed by atoms with Crippen molar-refractivity contribution in [3.63, 3.8) is 0 Å². The number of amides is 8. The molecule has 4 aliphatic heterocycles. The number of nitrogens with zero attached hydrogens (tertiary/aromatic N) is 15. The number of hydrogen-bond donors (Lipinski definition) is 7. The van der Waals surface area contributed by atoms with Gasteiger partial charge in [-0.1, -0.05) is 24.3 Å². The molecule has 7 aromatic carbocycles. The smallest absolute Gasteiger partial charge is 0.264 e. The van der Waals surface area contributed by atoms with Crippen molar-refractivity contribution in [1.29, 1.82) is 0 Å². The number of carbonyl (C=O) groups is 8. The van der Waals surface area contributed by atoms with Gasteiger partial charge in [-0.3, -0.25) is 38.4 Å². The average Bonchev–Trinajstić information content (AvgIpc) is 1.64. The highest BCUT2D eigenvalue weighted by Gasteiger charge is 2.31. The molecule has 676 valence electrons. The normalized spacial score (nSPS) is 13.8. The van der Waals surface area contributed by atoms with Crippen molar-refractivity contribution in [3.8, 4) is 17.0 Å². The number of primary sulfonamides is 2. The molecule has 41 heteroatoms. The van der Waals surface area contributed by atoms with Crippen LogP contribution in [0.2, 0.25) is 0 Å². The number of carbonyl (C=O) groups excluding carboxylic acids is 8. The van der Waals surface area contributed by atoms with Crippen molar-refractivity contribution in [2.24, 2.45) is 10.3 Å². The summed E-state index contributed by atoms with van der Waals surface area (Å²) >= 11 is 5.70. The average molecular weight is 1890 g/mol. The molecule has 8 aromatic heterocycles. The minimum absolute atomic E-state index is 0.00944. The Kier molecular flexibility index (Phi) is 26.6. The number of hydrogen-bond acceptors (Lipinski definition) is 29. The lowest BCUT2D eigenvalue weighted by atomic mass is 10.1. The van der Waals surface area contributed by atoms with Crippen LogP contribution in [-0.2, 0) is 45.8 Å². The zero-order chi connectivity index (χ0) is 93.1. The Labute approximate surface area is 773 Å². The van der Waals surface area contributed by atoms with E-state index >= 15 is 0 Å². The molecule has 0 radical (unpaired) electrons. The van der Waals surface area contributed by atoms with E-state index in [0.717, 1.165) is 79.3 Å². The number of nitrogens with two attached hydrogens (primary N) is 2. The third kappa shape index (κ3) is 21.0.